The van der Waals surface area contributed by atoms with E-state index >= 15 is 0 Å². The number of carbonyl (C=O) groups excluding carboxylic acids is 1. The van der Waals surface area contributed by atoms with Crippen molar-refractivity contribution < 1.29 is 4.79 Å². The van der Waals surface area contributed by atoms with Gasteiger partial charge in [-0.1, -0.05) is 38.7 Å². The number of amides is 1. The van der Waals surface area contributed by atoms with Crippen LogP contribution in [0.3, 0.4) is 0 Å². The van der Waals surface area contributed by atoms with Gasteiger partial charge in [0.2, 0.25) is 11.7 Å². The largest absolute Gasteiger partial charge is 0.352 e. The molecule has 0 unspecified atom stereocenters. The molecule has 0 saturated heterocycles. The Hall–Kier alpha value is -1.76. The lowest BCUT2D eigenvalue weighted by atomic mass is 10.1. The molecule has 2 aromatic heterocycles. The van der Waals surface area contributed by atoms with Crippen molar-refractivity contribution in [1.29, 1.82) is 0 Å². The van der Waals surface area contributed by atoms with E-state index in [1.165, 1.54) is 24.1 Å². The van der Waals surface area contributed by atoms with E-state index in [4.69, 9.17) is 0 Å². The van der Waals surface area contributed by atoms with Crippen LogP contribution in [-0.2, 0) is 11.3 Å². The Bertz CT molecular complexity index is 566. The minimum absolute atomic E-state index is 0.0712. The highest BCUT2D eigenvalue weighted by atomic mass is 32.1. The van der Waals surface area contributed by atoms with Crippen LogP contribution in [0.25, 0.3) is 10.7 Å². The maximum absolute atomic E-state index is 12.0. The van der Waals surface area contributed by atoms with Gasteiger partial charge < -0.3 is 5.32 Å². The lowest BCUT2D eigenvalue weighted by Crippen LogP contribution is -2.35. The van der Waals surface area contributed by atoms with Gasteiger partial charge in [0.15, 0.2) is 0 Å². The number of rotatable bonds is 9. The number of nitrogens with one attached hydrogen (secondary N) is 1. The smallest absolute Gasteiger partial charge is 0.243 e. The third-order valence-corrected chi connectivity index (χ3v) is 4.24. The molecule has 1 atom stereocenters. The normalized spacial score (nSPS) is 12.3. The van der Waals surface area contributed by atoms with Gasteiger partial charge in [0, 0.05) is 6.04 Å². The van der Waals surface area contributed by atoms with E-state index < -0.39 is 0 Å². The van der Waals surface area contributed by atoms with Crippen LogP contribution in [0.15, 0.2) is 17.5 Å². The number of aromatic nitrogens is 4. The highest BCUT2D eigenvalue weighted by molar-refractivity contribution is 7.13. The van der Waals surface area contributed by atoms with Gasteiger partial charge in [-0.2, -0.15) is 4.80 Å². The molecule has 0 saturated carbocycles. The van der Waals surface area contributed by atoms with Crippen LogP contribution in [0, 0.1) is 0 Å². The highest BCUT2D eigenvalue weighted by Crippen LogP contribution is 2.19. The summed E-state index contributed by atoms with van der Waals surface area (Å²) < 4.78 is 0. The summed E-state index contributed by atoms with van der Waals surface area (Å²) in [5.41, 5.74) is 0. The first-order chi connectivity index (χ1) is 10.7. The molecule has 0 radical (unpaired) electrons. The zero-order valence-corrected chi connectivity index (χ0v) is 14.0. The molecule has 1 N–H and O–H groups in total. The van der Waals surface area contributed by atoms with Crippen molar-refractivity contribution in [3.8, 4) is 10.7 Å². The molecule has 2 heterocycles. The summed E-state index contributed by atoms with van der Waals surface area (Å²) in [5.74, 6) is 0.494. The molecule has 0 spiro atoms. The Balaban J connectivity index is 1.75. The van der Waals surface area contributed by atoms with Crippen LogP contribution in [0.4, 0.5) is 0 Å². The lowest BCUT2D eigenvalue weighted by Gasteiger charge is -2.13. The van der Waals surface area contributed by atoms with Gasteiger partial charge in [-0.05, 0) is 30.0 Å². The van der Waals surface area contributed by atoms with Crippen molar-refractivity contribution in [3.63, 3.8) is 0 Å². The maximum atomic E-state index is 12.0. The van der Waals surface area contributed by atoms with E-state index in [1.54, 1.807) is 11.3 Å². The summed E-state index contributed by atoms with van der Waals surface area (Å²) in [7, 11) is 0. The molecule has 7 heteroatoms. The molecule has 2 rings (SSSR count). The average Bonchev–Trinajstić information content (AvgIpc) is 3.14. The topological polar surface area (TPSA) is 72.7 Å². The first-order valence-corrected chi connectivity index (χ1v) is 8.68. The SMILES string of the molecule is CCCCCC[C@H](C)NC(=O)Cn1nnc(-c2cccs2)n1. The quantitative estimate of drug-likeness (QED) is 0.721. The van der Waals surface area contributed by atoms with E-state index in [2.05, 4.69) is 27.7 Å². The molecule has 0 aliphatic heterocycles. The average molecular weight is 321 g/mol. The Kier molecular flexibility index (Phi) is 6.51. The molecule has 120 valence electrons. The molecule has 0 aromatic carbocycles. The Morgan fingerprint density at radius 1 is 1.41 bits per heavy atom. The fourth-order valence-corrected chi connectivity index (χ4v) is 2.86. The predicted octanol–water partition coefficient (Wildman–Crippen LogP) is 2.88. The summed E-state index contributed by atoms with van der Waals surface area (Å²) in [6.45, 7) is 4.34. The zero-order chi connectivity index (χ0) is 15.8. The van der Waals surface area contributed by atoms with E-state index in [0.29, 0.717) is 5.82 Å². The minimum atomic E-state index is -0.0712. The third-order valence-electron chi connectivity index (χ3n) is 3.38. The van der Waals surface area contributed by atoms with Crippen molar-refractivity contribution >= 4 is 17.2 Å². The molecule has 1 amide bonds. The van der Waals surface area contributed by atoms with Crippen molar-refractivity contribution in [2.24, 2.45) is 0 Å². The second-order valence-corrected chi connectivity index (χ2v) is 6.39. The lowest BCUT2D eigenvalue weighted by molar-refractivity contribution is -0.122. The molecule has 0 aliphatic rings. The number of hydrogen-bond acceptors (Lipinski definition) is 5. The van der Waals surface area contributed by atoms with Crippen molar-refractivity contribution in [1.82, 2.24) is 25.5 Å². The Morgan fingerprint density at radius 3 is 3.00 bits per heavy atom. The minimum Gasteiger partial charge on any atom is -0.352 e. The van der Waals surface area contributed by atoms with Crippen LogP contribution in [0.1, 0.15) is 46.0 Å². The summed E-state index contributed by atoms with van der Waals surface area (Å²) in [4.78, 5) is 14.3. The Morgan fingerprint density at radius 2 is 2.27 bits per heavy atom. The first-order valence-electron chi connectivity index (χ1n) is 7.80. The van der Waals surface area contributed by atoms with Crippen molar-refractivity contribution in [2.75, 3.05) is 0 Å². The number of nitrogens with zero attached hydrogens (tertiary/aromatic N) is 4. The van der Waals surface area contributed by atoms with E-state index in [0.717, 1.165) is 17.7 Å². The number of hydrogen-bond donors (Lipinski definition) is 1. The number of carbonyl (C=O) groups is 1. The van der Waals surface area contributed by atoms with Crippen LogP contribution < -0.4 is 5.32 Å². The summed E-state index contributed by atoms with van der Waals surface area (Å²) >= 11 is 1.55. The summed E-state index contributed by atoms with van der Waals surface area (Å²) in [6.07, 6.45) is 5.88. The fraction of sp³-hybridized carbons (Fsp3) is 0.600. The van der Waals surface area contributed by atoms with Gasteiger partial charge in [-0.25, -0.2) is 0 Å². The fourth-order valence-electron chi connectivity index (χ4n) is 2.21. The monoisotopic (exact) mass is 321 g/mol. The standard InChI is InChI=1S/C15H23N5OS/c1-3-4-5-6-8-12(2)16-14(21)11-20-18-15(17-19-20)13-9-7-10-22-13/h7,9-10,12H,3-6,8,11H2,1-2H3,(H,16,21)/t12-/m0/s1. The highest BCUT2D eigenvalue weighted by Gasteiger charge is 2.11. The van der Waals surface area contributed by atoms with Crippen LogP contribution in [0.2, 0.25) is 0 Å². The van der Waals surface area contributed by atoms with Gasteiger partial charge in [0.05, 0.1) is 4.88 Å². The second-order valence-electron chi connectivity index (χ2n) is 5.44. The third kappa shape index (κ3) is 5.22. The van der Waals surface area contributed by atoms with Crippen LogP contribution >= 0.6 is 11.3 Å². The van der Waals surface area contributed by atoms with E-state index in [-0.39, 0.29) is 18.5 Å². The predicted molar refractivity (Wildman–Crippen MR) is 87.5 cm³/mol. The number of tetrazole rings is 1. The van der Waals surface area contributed by atoms with Crippen molar-refractivity contribution in [3.05, 3.63) is 17.5 Å². The molecule has 0 aliphatic carbocycles. The number of unbranched alkanes of at least 4 members (excludes halogenated alkanes) is 3. The van der Waals surface area contributed by atoms with E-state index in [1.807, 2.05) is 24.4 Å². The summed E-state index contributed by atoms with van der Waals surface area (Å²) in [5, 5.41) is 17.1. The van der Waals surface area contributed by atoms with Gasteiger partial charge >= 0.3 is 0 Å². The van der Waals surface area contributed by atoms with Gasteiger partial charge in [0.25, 0.3) is 0 Å². The van der Waals surface area contributed by atoms with Crippen molar-refractivity contribution in [2.45, 2.75) is 58.5 Å². The van der Waals surface area contributed by atoms with Gasteiger partial charge in [0.1, 0.15) is 6.54 Å². The molecular weight excluding hydrogens is 298 g/mol. The molecule has 2 aromatic rings. The van der Waals surface area contributed by atoms with E-state index in [9.17, 15) is 4.79 Å². The van der Waals surface area contributed by atoms with Crippen LogP contribution in [0.5, 0.6) is 0 Å². The first kappa shape index (κ1) is 16.6. The molecule has 22 heavy (non-hydrogen) atoms. The summed E-state index contributed by atoms with van der Waals surface area (Å²) in [6, 6.07) is 4.06. The number of thiophene rings is 1. The zero-order valence-electron chi connectivity index (χ0n) is 13.2. The molecule has 6 nitrogen and oxygen atoms in total. The second kappa shape index (κ2) is 8.63. The molecule has 0 fully saturated rings. The van der Waals surface area contributed by atoms with Gasteiger partial charge in [-0.15, -0.1) is 21.5 Å². The Labute approximate surface area is 134 Å². The maximum Gasteiger partial charge on any atom is 0.243 e. The van der Waals surface area contributed by atoms with Gasteiger partial charge in [-0.3, -0.25) is 4.79 Å². The molecular formula is C15H23N5OS. The molecule has 0 bridgehead atoms. The van der Waals surface area contributed by atoms with Crippen LogP contribution in [-0.4, -0.2) is 32.2 Å².